The van der Waals surface area contributed by atoms with Crippen molar-refractivity contribution in [2.45, 2.75) is 6.92 Å². The third-order valence-electron chi connectivity index (χ3n) is 0.951. The van der Waals surface area contributed by atoms with E-state index in [-0.39, 0.29) is 18.3 Å². The van der Waals surface area contributed by atoms with Crippen LogP contribution in [0.4, 0.5) is 0 Å². The van der Waals surface area contributed by atoms with Crippen molar-refractivity contribution >= 4 is 16.9 Å². The number of nitrogens with zero attached hydrogens (tertiary/aromatic N) is 1. The molecule has 0 aliphatic carbocycles. The second-order valence-electron chi connectivity index (χ2n) is 2.01. The Morgan fingerprint density at radius 1 is 1.58 bits per heavy atom. The molecule has 0 amide bonds. The first-order chi connectivity index (χ1) is 5.63. The van der Waals surface area contributed by atoms with Gasteiger partial charge >= 0.3 is 0 Å². The van der Waals surface area contributed by atoms with E-state index in [1.807, 2.05) is 0 Å². The van der Waals surface area contributed by atoms with Crippen molar-refractivity contribution in [3.05, 3.63) is 10.1 Å². The summed E-state index contributed by atoms with van der Waals surface area (Å²) >= 11 is 1.16. The summed E-state index contributed by atoms with van der Waals surface area (Å²) < 4.78 is 4.88. The van der Waals surface area contributed by atoms with Crippen molar-refractivity contribution < 1.29 is 14.5 Å². The van der Waals surface area contributed by atoms with E-state index in [9.17, 15) is 14.9 Å². The predicted molar refractivity (Wildman–Crippen MR) is 45.8 cm³/mol. The van der Waals surface area contributed by atoms with E-state index in [2.05, 4.69) is 0 Å². The minimum atomic E-state index is -0.432. The molecule has 0 aliphatic heterocycles. The minimum Gasteiger partial charge on any atom is -0.374 e. The van der Waals surface area contributed by atoms with E-state index in [4.69, 9.17) is 4.74 Å². The van der Waals surface area contributed by atoms with Gasteiger partial charge in [0.2, 0.25) is 6.54 Å². The summed E-state index contributed by atoms with van der Waals surface area (Å²) in [5, 5.41) is 9.84. The summed E-state index contributed by atoms with van der Waals surface area (Å²) in [5.41, 5.74) is 0. The maximum Gasteiger partial charge on any atom is 0.226 e. The number of hydrogen-bond acceptors (Lipinski definition) is 5. The van der Waals surface area contributed by atoms with E-state index in [1.165, 1.54) is 6.92 Å². The Bertz CT molecular complexity index is 144. The van der Waals surface area contributed by atoms with Crippen molar-refractivity contribution in [2.75, 3.05) is 25.5 Å². The van der Waals surface area contributed by atoms with Crippen LogP contribution in [0.25, 0.3) is 0 Å². The van der Waals surface area contributed by atoms with E-state index in [0.717, 1.165) is 11.8 Å². The average molecular weight is 193 g/mol. The Balaban J connectivity index is 3.01. The molecule has 0 rings (SSSR count). The Kier molecular flexibility index (Phi) is 6.69. The topological polar surface area (TPSA) is 69.4 Å². The van der Waals surface area contributed by atoms with Crippen LogP contribution in [-0.4, -0.2) is 35.5 Å². The standard InChI is InChI=1S/C6H11NO4S/c1-6(8)12-5-4-11-3-2-7(9)10/h2-5H2,1H3. The Labute approximate surface area is 74.6 Å². The fourth-order valence-corrected chi connectivity index (χ4v) is 0.974. The lowest BCUT2D eigenvalue weighted by Crippen LogP contribution is -2.10. The molecule has 0 unspecified atom stereocenters. The second kappa shape index (κ2) is 7.05. The molecule has 0 fully saturated rings. The van der Waals surface area contributed by atoms with Crippen molar-refractivity contribution in [3.63, 3.8) is 0 Å². The molecule has 0 N–H and O–H groups in total. The number of ether oxygens (including phenoxy) is 1. The number of thioether (sulfide) groups is 1. The summed E-state index contributed by atoms with van der Waals surface area (Å²) in [5.74, 6) is 0.563. The van der Waals surface area contributed by atoms with Crippen LogP contribution < -0.4 is 0 Å². The van der Waals surface area contributed by atoms with Crippen LogP contribution in [0.3, 0.4) is 0 Å². The third kappa shape index (κ3) is 9.38. The number of hydrogen-bond donors (Lipinski definition) is 0. The predicted octanol–water partition coefficient (Wildman–Crippen LogP) is 0.559. The molecule has 0 saturated carbocycles. The second-order valence-corrected chi connectivity index (χ2v) is 3.28. The lowest BCUT2D eigenvalue weighted by molar-refractivity contribution is -0.483. The van der Waals surface area contributed by atoms with Gasteiger partial charge < -0.3 is 4.74 Å². The molecular formula is C6H11NO4S. The molecule has 0 aromatic rings. The Morgan fingerprint density at radius 3 is 2.75 bits per heavy atom. The average Bonchev–Trinajstić information content (AvgIpc) is 1.95. The molecule has 6 heteroatoms. The SMILES string of the molecule is CC(=O)SCCOCC[N+](=O)[O-]. The van der Waals surface area contributed by atoms with Gasteiger partial charge in [-0.2, -0.15) is 0 Å². The van der Waals surface area contributed by atoms with Gasteiger partial charge in [0.1, 0.15) is 6.61 Å². The summed E-state index contributed by atoms with van der Waals surface area (Å²) in [7, 11) is 0. The van der Waals surface area contributed by atoms with Gasteiger partial charge in [0.25, 0.3) is 0 Å². The lowest BCUT2D eigenvalue weighted by atomic mass is 10.7. The highest BCUT2D eigenvalue weighted by molar-refractivity contribution is 8.13. The van der Waals surface area contributed by atoms with Gasteiger partial charge in [0, 0.05) is 17.6 Å². The van der Waals surface area contributed by atoms with Gasteiger partial charge in [-0.25, -0.2) is 0 Å². The first-order valence-electron chi connectivity index (χ1n) is 3.46. The molecule has 5 nitrogen and oxygen atoms in total. The highest BCUT2D eigenvalue weighted by Crippen LogP contribution is 1.99. The van der Waals surface area contributed by atoms with Gasteiger partial charge in [-0.05, 0) is 0 Å². The van der Waals surface area contributed by atoms with Crippen molar-refractivity contribution in [3.8, 4) is 0 Å². The zero-order valence-electron chi connectivity index (χ0n) is 6.82. The first kappa shape index (κ1) is 11.4. The summed E-state index contributed by atoms with van der Waals surface area (Å²) in [6.45, 7) is 1.80. The zero-order valence-corrected chi connectivity index (χ0v) is 7.63. The summed E-state index contributed by atoms with van der Waals surface area (Å²) in [6.07, 6.45) is 0. The molecule has 0 aliphatic rings. The number of carbonyl (C=O) groups excluding carboxylic acids is 1. The van der Waals surface area contributed by atoms with Crippen LogP contribution in [0.15, 0.2) is 0 Å². The van der Waals surface area contributed by atoms with Gasteiger partial charge in [-0.3, -0.25) is 14.9 Å². The molecule has 0 radical (unpaired) electrons. The minimum absolute atomic E-state index is 0.0351. The fraction of sp³-hybridized carbons (Fsp3) is 0.833. The van der Waals surface area contributed by atoms with E-state index >= 15 is 0 Å². The monoisotopic (exact) mass is 193 g/mol. The quantitative estimate of drug-likeness (QED) is 0.350. The number of nitro groups is 1. The van der Waals surface area contributed by atoms with Gasteiger partial charge in [0.15, 0.2) is 5.12 Å². The molecule has 0 atom stereocenters. The van der Waals surface area contributed by atoms with Crippen LogP contribution in [0.5, 0.6) is 0 Å². The summed E-state index contributed by atoms with van der Waals surface area (Å²) in [6, 6.07) is 0. The van der Waals surface area contributed by atoms with Crippen LogP contribution in [0.1, 0.15) is 6.92 Å². The molecule has 0 heterocycles. The number of rotatable bonds is 6. The smallest absolute Gasteiger partial charge is 0.226 e. The lowest BCUT2D eigenvalue weighted by Gasteiger charge is -1.98. The Morgan fingerprint density at radius 2 is 2.25 bits per heavy atom. The highest BCUT2D eigenvalue weighted by Gasteiger charge is 1.97. The van der Waals surface area contributed by atoms with Crippen LogP contribution >= 0.6 is 11.8 Å². The highest BCUT2D eigenvalue weighted by atomic mass is 32.2. The molecule has 12 heavy (non-hydrogen) atoms. The molecule has 70 valence electrons. The van der Waals surface area contributed by atoms with Crippen LogP contribution in [0.2, 0.25) is 0 Å². The molecular weight excluding hydrogens is 182 g/mol. The van der Waals surface area contributed by atoms with E-state index in [0.29, 0.717) is 12.4 Å². The summed E-state index contributed by atoms with van der Waals surface area (Å²) in [4.78, 5) is 19.8. The van der Waals surface area contributed by atoms with E-state index < -0.39 is 4.92 Å². The normalized spacial score (nSPS) is 9.75. The first-order valence-corrected chi connectivity index (χ1v) is 4.44. The third-order valence-corrected chi connectivity index (χ3v) is 1.73. The fourth-order valence-electron chi connectivity index (χ4n) is 0.485. The zero-order chi connectivity index (χ0) is 9.40. The molecule has 0 bridgehead atoms. The van der Waals surface area contributed by atoms with E-state index in [1.54, 1.807) is 0 Å². The van der Waals surface area contributed by atoms with Crippen LogP contribution in [0, 0.1) is 10.1 Å². The number of carbonyl (C=O) groups is 1. The molecule has 0 aromatic carbocycles. The largest absolute Gasteiger partial charge is 0.374 e. The van der Waals surface area contributed by atoms with Gasteiger partial charge in [-0.1, -0.05) is 11.8 Å². The molecule has 0 aromatic heterocycles. The maximum atomic E-state index is 10.4. The molecule has 0 spiro atoms. The molecule has 0 saturated heterocycles. The van der Waals surface area contributed by atoms with Crippen molar-refractivity contribution in [1.82, 2.24) is 0 Å². The van der Waals surface area contributed by atoms with Gasteiger partial charge in [0.05, 0.1) is 6.61 Å². The van der Waals surface area contributed by atoms with Crippen molar-refractivity contribution in [1.29, 1.82) is 0 Å². The van der Waals surface area contributed by atoms with Crippen molar-refractivity contribution in [2.24, 2.45) is 0 Å². The van der Waals surface area contributed by atoms with Gasteiger partial charge in [-0.15, -0.1) is 0 Å². The Hall–Kier alpha value is -0.620. The van der Waals surface area contributed by atoms with Crippen LogP contribution in [-0.2, 0) is 9.53 Å². The maximum absolute atomic E-state index is 10.4.